The largest absolute Gasteiger partial charge is 0.507 e. The Hall–Kier alpha value is -2.02. The maximum atomic E-state index is 11.3. The lowest BCUT2D eigenvalue weighted by molar-refractivity contribution is -0.142. The Morgan fingerprint density at radius 3 is 2.81 bits per heavy atom. The molecule has 0 saturated heterocycles. The van der Waals surface area contributed by atoms with Crippen molar-refractivity contribution >= 4 is 5.97 Å². The first-order chi connectivity index (χ1) is 7.58. The van der Waals surface area contributed by atoms with E-state index in [1.54, 1.807) is 19.9 Å². The predicted molar refractivity (Wildman–Crippen MR) is 57.9 cm³/mol. The first-order valence-corrected chi connectivity index (χ1v) is 4.96. The summed E-state index contributed by atoms with van der Waals surface area (Å²) in [5, 5.41) is 18.4. The van der Waals surface area contributed by atoms with Crippen LogP contribution in [-0.4, -0.2) is 17.7 Å². The minimum absolute atomic E-state index is 0.00593. The number of nitriles is 1. The molecular formula is C12H13NO3. The molecule has 4 nitrogen and oxygen atoms in total. The Morgan fingerprint density at radius 1 is 1.56 bits per heavy atom. The molecule has 4 heteroatoms. The first kappa shape index (κ1) is 12.1. The van der Waals surface area contributed by atoms with E-state index in [4.69, 9.17) is 10.00 Å². The predicted octanol–water partition coefficient (Wildman–Crippen LogP) is 1.68. The van der Waals surface area contributed by atoms with Gasteiger partial charge in [-0.3, -0.25) is 4.79 Å². The molecule has 0 spiro atoms. The minimum atomic E-state index is -0.399. The fraction of sp³-hybridized carbons (Fsp3) is 0.333. The van der Waals surface area contributed by atoms with E-state index in [0.717, 1.165) is 5.56 Å². The van der Waals surface area contributed by atoms with Gasteiger partial charge >= 0.3 is 5.97 Å². The number of aromatic hydroxyl groups is 1. The van der Waals surface area contributed by atoms with Crippen molar-refractivity contribution in [3.8, 4) is 11.8 Å². The van der Waals surface area contributed by atoms with Crippen LogP contribution in [0.4, 0.5) is 0 Å². The van der Waals surface area contributed by atoms with Crippen LogP contribution in [0.15, 0.2) is 12.1 Å². The highest BCUT2D eigenvalue weighted by molar-refractivity contribution is 5.74. The lowest BCUT2D eigenvalue weighted by atomic mass is 10.0. The van der Waals surface area contributed by atoms with Gasteiger partial charge < -0.3 is 9.84 Å². The summed E-state index contributed by atoms with van der Waals surface area (Å²) in [5.41, 5.74) is 1.44. The zero-order valence-electron chi connectivity index (χ0n) is 9.28. The van der Waals surface area contributed by atoms with E-state index in [1.165, 1.54) is 6.07 Å². The van der Waals surface area contributed by atoms with Gasteiger partial charge in [-0.1, -0.05) is 6.07 Å². The summed E-state index contributed by atoms with van der Waals surface area (Å²) >= 11 is 0. The van der Waals surface area contributed by atoms with Crippen LogP contribution in [-0.2, 0) is 16.0 Å². The molecule has 0 aliphatic heterocycles. The van der Waals surface area contributed by atoms with Crippen LogP contribution in [0.2, 0.25) is 0 Å². The number of nitrogens with zero attached hydrogens (tertiary/aromatic N) is 1. The lowest BCUT2D eigenvalue weighted by Gasteiger charge is -2.07. The molecule has 0 radical (unpaired) electrons. The van der Waals surface area contributed by atoms with Gasteiger partial charge in [-0.25, -0.2) is 0 Å². The van der Waals surface area contributed by atoms with E-state index in [-0.39, 0.29) is 17.7 Å². The number of hydrogen-bond acceptors (Lipinski definition) is 4. The number of esters is 1. The zero-order valence-corrected chi connectivity index (χ0v) is 9.28. The van der Waals surface area contributed by atoms with E-state index in [1.807, 2.05) is 6.07 Å². The molecule has 0 aliphatic carbocycles. The molecule has 0 aromatic heterocycles. The molecule has 1 rings (SSSR count). The Morgan fingerprint density at radius 2 is 2.25 bits per heavy atom. The molecule has 0 saturated carbocycles. The summed E-state index contributed by atoms with van der Waals surface area (Å²) in [6.45, 7) is 3.81. The second-order valence-corrected chi connectivity index (χ2v) is 3.41. The highest BCUT2D eigenvalue weighted by Crippen LogP contribution is 2.23. The van der Waals surface area contributed by atoms with Gasteiger partial charge in [0.15, 0.2) is 0 Å². The Kier molecular flexibility index (Phi) is 3.90. The van der Waals surface area contributed by atoms with Gasteiger partial charge in [0, 0.05) is 0 Å². The number of ether oxygens (including phenoxy) is 1. The van der Waals surface area contributed by atoms with Crippen molar-refractivity contribution in [3.05, 3.63) is 28.8 Å². The number of aryl methyl sites for hydroxylation is 1. The van der Waals surface area contributed by atoms with E-state index < -0.39 is 5.97 Å². The third-order valence-corrected chi connectivity index (χ3v) is 2.10. The molecule has 84 valence electrons. The van der Waals surface area contributed by atoms with Gasteiger partial charge in [-0.05, 0) is 31.0 Å². The second kappa shape index (κ2) is 5.17. The summed E-state index contributed by atoms with van der Waals surface area (Å²) in [6, 6.07) is 5.08. The van der Waals surface area contributed by atoms with E-state index in [2.05, 4.69) is 0 Å². The molecule has 0 bridgehead atoms. The number of benzene rings is 1. The average Bonchev–Trinajstić information content (AvgIpc) is 2.17. The van der Waals surface area contributed by atoms with Crippen LogP contribution < -0.4 is 0 Å². The quantitative estimate of drug-likeness (QED) is 0.785. The number of carbonyl (C=O) groups excluding carboxylic acids is 1. The van der Waals surface area contributed by atoms with Gasteiger partial charge in [-0.2, -0.15) is 5.26 Å². The Labute approximate surface area is 94.1 Å². The topological polar surface area (TPSA) is 70.3 Å². The maximum absolute atomic E-state index is 11.3. The van der Waals surface area contributed by atoms with Crippen molar-refractivity contribution in [2.45, 2.75) is 20.3 Å². The van der Waals surface area contributed by atoms with Crippen LogP contribution in [0.3, 0.4) is 0 Å². The molecule has 0 atom stereocenters. The third-order valence-electron chi connectivity index (χ3n) is 2.10. The van der Waals surface area contributed by atoms with E-state index in [0.29, 0.717) is 12.2 Å². The fourth-order valence-corrected chi connectivity index (χ4v) is 1.48. The second-order valence-electron chi connectivity index (χ2n) is 3.41. The molecule has 0 heterocycles. The number of hydrogen-bond donors (Lipinski definition) is 1. The molecule has 0 aliphatic rings. The first-order valence-electron chi connectivity index (χ1n) is 4.96. The number of phenols is 1. The van der Waals surface area contributed by atoms with Crippen molar-refractivity contribution in [1.82, 2.24) is 0 Å². The van der Waals surface area contributed by atoms with Crippen molar-refractivity contribution in [3.63, 3.8) is 0 Å². The molecule has 0 fully saturated rings. The Balaban J connectivity index is 3.04. The summed E-state index contributed by atoms with van der Waals surface area (Å²) < 4.78 is 4.80. The number of rotatable bonds is 3. The minimum Gasteiger partial charge on any atom is -0.507 e. The summed E-state index contributed by atoms with van der Waals surface area (Å²) in [7, 11) is 0. The summed E-state index contributed by atoms with van der Waals surface area (Å²) in [5.74, 6) is -0.495. The van der Waals surface area contributed by atoms with E-state index in [9.17, 15) is 9.90 Å². The van der Waals surface area contributed by atoms with Gasteiger partial charge in [0.1, 0.15) is 11.8 Å². The van der Waals surface area contributed by atoms with Gasteiger partial charge in [0.05, 0.1) is 18.6 Å². The van der Waals surface area contributed by atoms with Crippen LogP contribution >= 0.6 is 0 Å². The van der Waals surface area contributed by atoms with Crippen LogP contribution in [0.1, 0.15) is 23.6 Å². The molecule has 1 aromatic carbocycles. The number of carbonyl (C=O) groups is 1. The third kappa shape index (κ3) is 2.74. The molecule has 1 N–H and O–H groups in total. The van der Waals surface area contributed by atoms with Crippen LogP contribution in [0.5, 0.6) is 5.75 Å². The van der Waals surface area contributed by atoms with Crippen molar-refractivity contribution in [1.29, 1.82) is 5.26 Å². The van der Waals surface area contributed by atoms with E-state index >= 15 is 0 Å². The average molecular weight is 219 g/mol. The van der Waals surface area contributed by atoms with Gasteiger partial charge in [-0.15, -0.1) is 0 Å². The number of phenolic OH excluding ortho intramolecular Hbond substituents is 1. The molecule has 1 aromatic rings. The molecule has 16 heavy (non-hydrogen) atoms. The van der Waals surface area contributed by atoms with Crippen molar-refractivity contribution < 1.29 is 14.6 Å². The maximum Gasteiger partial charge on any atom is 0.310 e. The highest BCUT2D eigenvalue weighted by atomic mass is 16.5. The highest BCUT2D eigenvalue weighted by Gasteiger charge is 2.12. The SMILES string of the molecule is CCOC(=O)Cc1cc(C)cc(O)c1C#N. The monoisotopic (exact) mass is 219 g/mol. The van der Waals surface area contributed by atoms with Crippen LogP contribution in [0.25, 0.3) is 0 Å². The standard InChI is InChI=1S/C12H13NO3/c1-3-16-12(15)6-9-4-8(2)5-11(14)10(9)7-13/h4-5,14H,3,6H2,1-2H3. The smallest absolute Gasteiger partial charge is 0.310 e. The van der Waals surface area contributed by atoms with Crippen molar-refractivity contribution in [2.24, 2.45) is 0 Å². The molecular weight excluding hydrogens is 206 g/mol. The summed E-state index contributed by atoms with van der Waals surface area (Å²) in [6.07, 6.45) is 0.00593. The fourth-order valence-electron chi connectivity index (χ4n) is 1.48. The lowest BCUT2D eigenvalue weighted by Crippen LogP contribution is -2.09. The van der Waals surface area contributed by atoms with Crippen molar-refractivity contribution in [2.75, 3.05) is 6.61 Å². The van der Waals surface area contributed by atoms with Gasteiger partial charge in [0.2, 0.25) is 0 Å². The molecule has 0 amide bonds. The molecule has 0 unspecified atom stereocenters. The summed E-state index contributed by atoms with van der Waals surface area (Å²) in [4.78, 5) is 11.3. The Bertz CT molecular complexity index is 446. The van der Waals surface area contributed by atoms with Crippen LogP contribution in [0, 0.1) is 18.3 Å². The zero-order chi connectivity index (χ0) is 12.1. The van der Waals surface area contributed by atoms with Gasteiger partial charge in [0.25, 0.3) is 0 Å². The normalized spacial score (nSPS) is 9.56.